The monoisotopic (exact) mass is 444 g/mol. The second-order valence-corrected chi connectivity index (χ2v) is 7.36. The van der Waals surface area contributed by atoms with Gasteiger partial charge in [0.2, 0.25) is 0 Å². The van der Waals surface area contributed by atoms with E-state index in [1.165, 1.54) is 0 Å². The SMILES string of the molecule is CC(NC(=O)c1ccc(Br)cc1Cl)c1ccc(OCc2cccnc2)cc1. The van der Waals surface area contributed by atoms with E-state index in [0.717, 1.165) is 21.3 Å². The van der Waals surface area contributed by atoms with Gasteiger partial charge in [0, 0.05) is 22.4 Å². The maximum Gasteiger partial charge on any atom is 0.253 e. The summed E-state index contributed by atoms with van der Waals surface area (Å²) in [5, 5.41) is 3.37. The van der Waals surface area contributed by atoms with Crippen LogP contribution in [-0.2, 0) is 6.61 Å². The largest absolute Gasteiger partial charge is 0.489 e. The van der Waals surface area contributed by atoms with Crippen LogP contribution in [0, 0.1) is 0 Å². The normalized spacial score (nSPS) is 11.7. The average molecular weight is 446 g/mol. The first-order valence-electron chi connectivity index (χ1n) is 8.40. The number of aromatic nitrogens is 1. The number of nitrogens with one attached hydrogen (secondary N) is 1. The predicted molar refractivity (Wildman–Crippen MR) is 110 cm³/mol. The Balaban J connectivity index is 1.60. The maximum absolute atomic E-state index is 12.4. The van der Waals surface area contributed by atoms with Crippen LogP contribution in [0.2, 0.25) is 5.02 Å². The highest BCUT2D eigenvalue weighted by atomic mass is 79.9. The van der Waals surface area contributed by atoms with Crippen molar-refractivity contribution in [2.75, 3.05) is 0 Å². The molecule has 0 aliphatic rings. The Morgan fingerprint density at radius 3 is 2.67 bits per heavy atom. The van der Waals surface area contributed by atoms with Crippen LogP contribution in [0.1, 0.15) is 34.5 Å². The molecule has 0 aliphatic carbocycles. The first kappa shape index (κ1) is 19.4. The van der Waals surface area contributed by atoms with Crippen molar-refractivity contribution in [3.05, 3.63) is 93.2 Å². The number of ether oxygens (including phenoxy) is 1. The van der Waals surface area contributed by atoms with Crippen molar-refractivity contribution in [3.63, 3.8) is 0 Å². The first-order valence-corrected chi connectivity index (χ1v) is 9.57. The number of hydrogen-bond donors (Lipinski definition) is 1. The van der Waals surface area contributed by atoms with Crippen molar-refractivity contribution in [3.8, 4) is 5.75 Å². The molecule has 3 rings (SSSR count). The second kappa shape index (κ2) is 9.02. The zero-order valence-corrected chi connectivity index (χ0v) is 17.0. The number of carbonyl (C=O) groups excluding carboxylic acids is 1. The molecule has 6 heteroatoms. The van der Waals surface area contributed by atoms with Crippen LogP contribution in [0.25, 0.3) is 0 Å². The molecule has 1 N–H and O–H groups in total. The van der Waals surface area contributed by atoms with Crippen LogP contribution < -0.4 is 10.1 Å². The summed E-state index contributed by atoms with van der Waals surface area (Å²) in [5.74, 6) is 0.550. The number of halogens is 2. The van der Waals surface area contributed by atoms with Gasteiger partial charge in [-0.2, -0.15) is 0 Å². The van der Waals surface area contributed by atoms with Crippen LogP contribution in [0.3, 0.4) is 0 Å². The van der Waals surface area contributed by atoms with Gasteiger partial charge in [-0.25, -0.2) is 0 Å². The van der Waals surface area contributed by atoms with Crippen LogP contribution in [0.15, 0.2) is 71.5 Å². The molecule has 1 aromatic heterocycles. The highest BCUT2D eigenvalue weighted by molar-refractivity contribution is 9.10. The summed E-state index contributed by atoms with van der Waals surface area (Å²) in [7, 11) is 0. The van der Waals surface area contributed by atoms with Crippen molar-refractivity contribution in [2.45, 2.75) is 19.6 Å². The average Bonchev–Trinajstić information content (AvgIpc) is 2.67. The lowest BCUT2D eigenvalue weighted by Crippen LogP contribution is -2.26. The number of carbonyl (C=O) groups is 1. The van der Waals surface area contributed by atoms with E-state index in [4.69, 9.17) is 16.3 Å². The van der Waals surface area contributed by atoms with Gasteiger partial charge < -0.3 is 10.1 Å². The minimum absolute atomic E-state index is 0.162. The Hall–Kier alpha value is -2.37. The highest BCUT2D eigenvalue weighted by Crippen LogP contribution is 2.23. The minimum atomic E-state index is -0.211. The van der Waals surface area contributed by atoms with E-state index >= 15 is 0 Å². The van der Waals surface area contributed by atoms with Crippen molar-refractivity contribution in [2.24, 2.45) is 0 Å². The van der Waals surface area contributed by atoms with Gasteiger partial charge >= 0.3 is 0 Å². The Bertz CT molecular complexity index is 917. The van der Waals surface area contributed by atoms with E-state index in [-0.39, 0.29) is 11.9 Å². The molecule has 0 saturated heterocycles. The number of rotatable bonds is 6. The smallest absolute Gasteiger partial charge is 0.253 e. The fourth-order valence-electron chi connectivity index (χ4n) is 2.53. The molecule has 0 fully saturated rings. The predicted octanol–water partition coefficient (Wildman–Crippen LogP) is 5.57. The van der Waals surface area contributed by atoms with Gasteiger partial charge in [-0.15, -0.1) is 0 Å². The molecule has 0 spiro atoms. The number of nitrogens with zero attached hydrogens (tertiary/aromatic N) is 1. The van der Waals surface area contributed by atoms with Crippen LogP contribution in [0.4, 0.5) is 0 Å². The van der Waals surface area contributed by atoms with Gasteiger partial charge in [-0.3, -0.25) is 9.78 Å². The van der Waals surface area contributed by atoms with Crippen molar-refractivity contribution in [1.82, 2.24) is 10.3 Å². The Kier molecular flexibility index (Phi) is 6.48. The molecule has 0 radical (unpaired) electrons. The Morgan fingerprint density at radius 1 is 1.22 bits per heavy atom. The Morgan fingerprint density at radius 2 is 2.00 bits per heavy atom. The molecule has 27 heavy (non-hydrogen) atoms. The summed E-state index contributed by atoms with van der Waals surface area (Å²) in [6.07, 6.45) is 3.51. The molecule has 1 unspecified atom stereocenters. The van der Waals surface area contributed by atoms with Crippen molar-refractivity contribution >= 4 is 33.4 Å². The van der Waals surface area contributed by atoms with Gasteiger partial charge in [0.15, 0.2) is 0 Å². The minimum Gasteiger partial charge on any atom is -0.489 e. The molecule has 3 aromatic rings. The summed E-state index contributed by atoms with van der Waals surface area (Å²) in [6, 6.07) is 16.5. The van der Waals surface area contributed by atoms with Gasteiger partial charge in [-0.1, -0.05) is 45.7 Å². The van der Waals surface area contributed by atoms with E-state index in [1.807, 2.05) is 43.3 Å². The summed E-state index contributed by atoms with van der Waals surface area (Å²) in [5.41, 5.74) is 2.43. The molecule has 1 atom stereocenters. The third kappa shape index (κ3) is 5.31. The topological polar surface area (TPSA) is 51.2 Å². The standard InChI is InChI=1S/C21H18BrClN2O2/c1-14(25-21(26)19-9-6-17(22)11-20(19)23)16-4-7-18(8-5-16)27-13-15-3-2-10-24-12-15/h2-12,14H,13H2,1H3,(H,25,26). The fraction of sp³-hybridized carbons (Fsp3) is 0.143. The number of amides is 1. The molecular formula is C21H18BrClN2O2. The van der Waals surface area contributed by atoms with E-state index in [9.17, 15) is 4.79 Å². The van der Waals surface area contributed by atoms with E-state index in [0.29, 0.717) is 17.2 Å². The number of hydrogen-bond acceptors (Lipinski definition) is 3. The third-order valence-electron chi connectivity index (χ3n) is 4.03. The quantitative estimate of drug-likeness (QED) is 0.540. The van der Waals surface area contributed by atoms with Gasteiger partial charge in [-0.05, 0) is 48.9 Å². The zero-order chi connectivity index (χ0) is 19.2. The van der Waals surface area contributed by atoms with E-state index in [2.05, 4.69) is 26.2 Å². The molecule has 1 heterocycles. The summed E-state index contributed by atoms with van der Waals surface area (Å²) in [6.45, 7) is 2.39. The van der Waals surface area contributed by atoms with Gasteiger partial charge in [0.1, 0.15) is 12.4 Å². The Labute approximate surface area is 171 Å². The highest BCUT2D eigenvalue weighted by Gasteiger charge is 2.14. The molecule has 0 aliphatic heterocycles. The van der Waals surface area contributed by atoms with Gasteiger partial charge in [0.25, 0.3) is 5.91 Å². The zero-order valence-electron chi connectivity index (χ0n) is 14.7. The van der Waals surface area contributed by atoms with E-state index in [1.54, 1.807) is 30.6 Å². The van der Waals surface area contributed by atoms with Crippen molar-refractivity contribution in [1.29, 1.82) is 0 Å². The van der Waals surface area contributed by atoms with Crippen LogP contribution >= 0.6 is 27.5 Å². The molecule has 0 bridgehead atoms. The fourth-order valence-corrected chi connectivity index (χ4v) is 3.29. The lowest BCUT2D eigenvalue weighted by atomic mass is 10.1. The van der Waals surface area contributed by atoms with Crippen LogP contribution in [-0.4, -0.2) is 10.9 Å². The lowest BCUT2D eigenvalue weighted by molar-refractivity contribution is 0.0940. The molecule has 0 saturated carbocycles. The first-order chi connectivity index (χ1) is 13.0. The molecule has 138 valence electrons. The van der Waals surface area contributed by atoms with Gasteiger partial charge in [0.05, 0.1) is 16.6 Å². The molecular weight excluding hydrogens is 428 g/mol. The summed E-state index contributed by atoms with van der Waals surface area (Å²) >= 11 is 9.48. The molecule has 2 aromatic carbocycles. The number of benzene rings is 2. The maximum atomic E-state index is 12.4. The molecule has 1 amide bonds. The second-order valence-electron chi connectivity index (χ2n) is 6.04. The summed E-state index contributed by atoms with van der Waals surface area (Å²) < 4.78 is 6.59. The molecule has 4 nitrogen and oxygen atoms in total. The lowest BCUT2D eigenvalue weighted by Gasteiger charge is -2.16. The third-order valence-corrected chi connectivity index (χ3v) is 4.84. The summed E-state index contributed by atoms with van der Waals surface area (Å²) in [4.78, 5) is 16.5. The van der Waals surface area contributed by atoms with E-state index < -0.39 is 0 Å². The van der Waals surface area contributed by atoms with Crippen LogP contribution in [0.5, 0.6) is 5.75 Å². The van der Waals surface area contributed by atoms with Crippen molar-refractivity contribution < 1.29 is 9.53 Å². The number of pyridine rings is 1.